The molecule has 12 heavy (non-hydrogen) atoms. The van der Waals surface area contributed by atoms with E-state index in [0.29, 0.717) is 13.0 Å². The predicted octanol–water partition coefficient (Wildman–Crippen LogP) is 0.113. The molecule has 0 fully saturated rings. The van der Waals surface area contributed by atoms with Crippen LogP contribution in [-0.2, 0) is 6.54 Å². The van der Waals surface area contributed by atoms with Gasteiger partial charge in [-0.25, -0.2) is 4.79 Å². The van der Waals surface area contributed by atoms with E-state index in [4.69, 9.17) is 0 Å². The second-order valence-electron chi connectivity index (χ2n) is 2.38. The van der Waals surface area contributed by atoms with Crippen molar-refractivity contribution in [2.24, 2.45) is 0 Å². The summed E-state index contributed by atoms with van der Waals surface area (Å²) in [5, 5.41) is 0. The summed E-state index contributed by atoms with van der Waals surface area (Å²) in [6, 6.07) is 1.32. The third-order valence-corrected chi connectivity index (χ3v) is 1.47. The molecule has 0 aromatic carbocycles. The van der Waals surface area contributed by atoms with Gasteiger partial charge in [-0.2, -0.15) is 0 Å². The number of aromatic amines is 1. The first-order valence-electron chi connectivity index (χ1n) is 3.64. The molecule has 0 spiro atoms. The van der Waals surface area contributed by atoms with Crippen LogP contribution in [0.2, 0.25) is 0 Å². The van der Waals surface area contributed by atoms with Crippen LogP contribution in [0.25, 0.3) is 0 Å². The van der Waals surface area contributed by atoms with E-state index in [1.165, 1.54) is 16.8 Å². The molecule has 0 bridgehead atoms. The second-order valence-corrected chi connectivity index (χ2v) is 2.38. The van der Waals surface area contributed by atoms with Gasteiger partial charge in [0.1, 0.15) is 0 Å². The molecule has 1 aromatic rings. The fourth-order valence-electron chi connectivity index (χ4n) is 0.851. The Hall–Kier alpha value is -1.58. The molecule has 4 nitrogen and oxygen atoms in total. The first kappa shape index (κ1) is 8.52. The van der Waals surface area contributed by atoms with Crippen LogP contribution in [0.4, 0.5) is 0 Å². The lowest BCUT2D eigenvalue weighted by Crippen LogP contribution is -2.28. The lowest BCUT2D eigenvalue weighted by Gasteiger charge is -1.99. The summed E-state index contributed by atoms with van der Waals surface area (Å²) in [5.74, 6) is 0. The minimum Gasteiger partial charge on any atom is -0.300 e. The average molecular weight is 166 g/mol. The molecular formula is C8H10N2O2. The zero-order valence-corrected chi connectivity index (χ0v) is 6.62. The molecule has 0 aliphatic rings. The minimum absolute atomic E-state index is 0.366. The molecule has 0 aliphatic carbocycles. The van der Waals surface area contributed by atoms with Crippen molar-refractivity contribution in [3.8, 4) is 0 Å². The Bertz CT molecular complexity index is 375. The summed E-state index contributed by atoms with van der Waals surface area (Å²) < 4.78 is 1.43. The predicted molar refractivity (Wildman–Crippen MR) is 46.1 cm³/mol. The monoisotopic (exact) mass is 166 g/mol. The molecule has 0 unspecified atom stereocenters. The van der Waals surface area contributed by atoms with E-state index in [-0.39, 0.29) is 11.2 Å². The van der Waals surface area contributed by atoms with Crippen molar-refractivity contribution in [2.45, 2.75) is 13.0 Å². The maximum absolute atomic E-state index is 11.0. The third kappa shape index (κ3) is 1.95. The van der Waals surface area contributed by atoms with Crippen molar-refractivity contribution in [1.29, 1.82) is 0 Å². The van der Waals surface area contributed by atoms with Gasteiger partial charge in [-0.15, -0.1) is 6.58 Å². The number of nitrogens with one attached hydrogen (secondary N) is 1. The second kappa shape index (κ2) is 3.71. The van der Waals surface area contributed by atoms with Crippen molar-refractivity contribution in [2.75, 3.05) is 0 Å². The highest BCUT2D eigenvalue weighted by Crippen LogP contribution is 1.83. The summed E-state index contributed by atoms with van der Waals surface area (Å²) in [6.45, 7) is 4.09. The molecule has 0 saturated heterocycles. The number of aromatic nitrogens is 2. The van der Waals surface area contributed by atoms with Crippen molar-refractivity contribution in [3.05, 3.63) is 45.8 Å². The number of hydrogen-bond acceptors (Lipinski definition) is 2. The van der Waals surface area contributed by atoms with Gasteiger partial charge in [0, 0.05) is 18.8 Å². The smallest absolute Gasteiger partial charge is 0.300 e. The maximum atomic E-state index is 11.0. The van der Waals surface area contributed by atoms with Crippen molar-refractivity contribution in [3.63, 3.8) is 0 Å². The molecule has 0 amide bonds. The van der Waals surface area contributed by atoms with Crippen LogP contribution in [-0.4, -0.2) is 9.55 Å². The third-order valence-electron chi connectivity index (χ3n) is 1.47. The standard InChI is InChI=1S/C8H10N2O2/c1-2-3-5-10-6-4-7(11)9-8(10)12/h2,4,6H,1,3,5H2,(H,9,11,12). The number of aryl methyl sites for hydroxylation is 1. The zero-order chi connectivity index (χ0) is 8.97. The molecule has 1 N–H and O–H groups in total. The number of H-pyrrole nitrogens is 1. The number of nitrogens with zero attached hydrogens (tertiary/aromatic N) is 1. The number of allylic oxidation sites excluding steroid dienone is 1. The average Bonchev–Trinajstić information content (AvgIpc) is 2.03. The Morgan fingerprint density at radius 1 is 1.58 bits per heavy atom. The van der Waals surface area contributed by atoms with Crippen molar-refractivity contribution >= 4 is 0 Å². The highest BCUT2D eigenvalue weighted by Gasteiger charge is 1.92. The van der Waals surface area contributed by atoms with Gasteiger partial charge in [-0.1, -0.05) is 6.08 Å². The Labute approximate surface area is 69.2 Å². The Morgan fingerprint density at radius 2 is 2.33 bits per heavy atom. The Balaban J connectivity index is 2.94. The van der Waals surface area contributed by atoms with Crippen molar-refractivity contribution < 1.29 is 0 Å². The maximum Gasteiger partial charge on any atom is 0.328 e. The van der Waals surface area contributed by atoms with Crippen molar-refractivity contribution in [1.82, 2.24) is 9.55 Å². The first-order valence-corrected chi connectivity index (χ1v) is 3.64. The van der Waals surface area contributed by atoms with Gasteiger partial charge in [-0.3, -0.25) is 9.78 Å². The van der Waals surface area contributed by atoms with Gasteiger partial charge in [0.25, 0.3) is 5.56 Å². The molecule has 64 valence electrons. The highest BCUT2D eigenvalue weighted by atomic mass is 16.2. The van der Waals surface area contributed by atoms with Gasteiger partial charge >= 0.3 is 5.69 Å². The molecule has 1 rings (SSSR count). The SMILES string of the molecule is C=CCCn1ccc(=O)[nH]c1=O. The summed E-state index contributed by atoms with van der Waals surface area (Å²) in [7, 11) is 0. The molecule has 0 radical (unpaired) electrons. The summed E-state index contributed by atoms with van der Waals surface area (Å²) in [4.78, 5) is 23.8. The number of rotatable bonds is 3. The van der Waals surface area contributed by atoms with E-state index in [2.05, 4.69) is 11.6 Å². The van der Waals surface area contributed by atoms with Gasteiger partial charge in [0.2, 0.25) is 0 Å². The van der Waals surface area contributed by atoms with E-state index >= 15 is 0 Å². The van der Waals surface area contributed by atoms with Crippen LogP contribution in [0.5, 0.6) is 0 Å². The fraction of sp³-hybridized carbons (Fsp3) is 0.250. The summed E-state index contributed by atoms with van der Waals surface area (Å²) in [5.41, 5.74) is -0.737. The van der Waals surface area contributed by atoms with Crippen LogP contribution in [0, 0.1) is 0 Å². The summed E-state index contributed by atoms with van der Waals surface area (Å²) in [6.07, 6.45) is 3.91. The first-order chi connectivity index (χ1) is 5.74. The lowest BCUT2D eigenvalue weighted by molar-refractivity contribution is 0.655. The number of hydrogen-bond donors (Lipinski definition) is 1. The van der Waals surface area contributed by atoms with Gasteiger partial charge in [0.15, 0.2) is 0 Å². The van der Waals surface area contributed by atoms with E-state index in [9.17, 15) is 9.59 Å². The van der Waals surface area contributed by atoms with E-state index in [1.54, 1.807) is 6.08 Å². The van der Waals surface area contributed by atoms with Gasteiger partial charge in [0.05, 0.1) is 0 Å². The van der Waals surface area contributed by atoms with Gasteiger partial charge in [-0.05, 0) is 6.42 Å². The van der Waals surface area contributed by atoms with Crippen LogP contribution >= 0.6 is 0 Å². The van der Waals surface area contributed by atoms with Crippen LogP contribution < -0.4 is 11.2 Å². The van der Waals surface area contributed by atoms with Crippen LogP contribution in [0.3, 0.4) is 0 Å². The summed E-state index contributed by atoms with van der Waals surface area (Å²) >= 11 is 0. The molecular weight excluding hydrogens is 156 g/mol. The van der Waals surface area contributed by atoms with Crippen LogP contribution in [0.15, 0.2) is 34.5 Å². The quantitative estimate of drug-likeness (QED) is 0.648. The lowest BCUT2D eigenvalue weighted by atomic mass is 10.4. The molecule has 1 heterocycles. The molecule has 0 saturated carbocycles. The highest BCUT2D eigenvalue weighted by molar-refractivity contribution is 4.83. The molecule has 0 aliphatic heterocycles. The fourth-order valence-corrected chi connectivity index (χ4v) is 0.851. The zero-order valence-electron chi connectivity index (χ0n) is 6.62. The topological polar surface area (TPSA) is 54.9 Å². The largest absolute Gasteiger partial charge is 0.328 e. The minimum atomic E-state index is -0.371. The Kier molecular flexibility index (Phi) is 2.63. The normalized spacial score (nSPS) is 9.67. The van der Waals surface area contributed by atoms with Crippen LogP contribution in [0.1, 0.15) is 6.42 Å². The van der Waals surface area contributed by atoms with E-state index < -0.39 is 0 Å². The molecule has 1 aromatic heterocycles. The van der Waals surface area contributed by atoms with E-state index in [1.807, 2.05) is 0 Å². The molecule has 0 atom stereocenters. The van der Waals surface area contributed by atoms with Gasteiger partial charge < -0.3 is 4.57 Å². The molecule has 4 heteroatoms. The van der Waals surface area contributed by atoms with E-state index in [0.717, 1.165) is 0 Å². The Morgan fingerprint density at radius 3 is 2.92 bits per heavy atom.